The van der Waals surface area contributed by atoms with Crippen LogP contribution in [0.5, 0.6) is 0 Å². The minimum absolute atomic E-state index is 0.0871. The van der Waals surface area contributed by atoms with Gasteiger partial charge in [-0.15, -0.1) is 0 Å². The zero-order valence-corrected chi connectivity index (χ0v) is 8.76. The highest BCUT2D eigenvalue weighted by atomic mass is 16.1. The summed E-state index contributed by atoms with van der Waals surface area (Å²) in [5.74, 6) is 0.289. The molecule has 2 N–H and O–H groups in total. The summed E-state index contributed by atoms with van der Waals surface area (Å²) >= 11 is 0. The summed E-state index contributed by atoms with van der Waals surface area (Å²) < 4.78 is 0. The Labute approximate surface area is 80.2 Å². The monoisotopic (exact) mass is 181 g/mol. The highest BCUT2D eigenvalue weighted by Gasteiger charge is 2.25. The van der Waals surface area contributed by atoms with Crippen molar-refractivity contribution in [2.24, 2.45) is 11.1 Å². The molecule has 0 aromatic carbocycles. The van der Waals surface area contributed by atoms with E-state index in [1.807, 2.05) is 6.92 Å². The summed E-state index contributed by atoms with van der Waals surface area (Å²) in [4.78, 5) is 11.5. The average molecular weight is 181 g/mol. The molecule has 0 saturated heterocycles. The lowest BCUT2D eigenvalue weighted by molar-refractivity contribution is -0.116. The van der Waals surface area contributed by atoms with E-state index in [1.165, 1.54) is 0 Å². The molecule has 0 spiro atoms. The smallest absolute Gasteiger partial charge is 0.158 e. The molecule has 0 aliphatic heterocycles. The second-order valence-electron chi connectivity index (χ2n) is 4.76. The van der Waals surface area contributed by atoms with Gasteiger partial charge >= 0.3 is 0 Å². The molecule has 1 aliphatic carbocycles. The summed E-state index contributed by atoms with van der Waals surface area (Å²) in [6.45, 7) is 6.27. The lowest BCUT2D eigenvalue weighted by Gasteiger charge is -2.27. The molecule has 0 saturated carbocycles. The van der Waals surface area contributed by atoms with Crippen molar-refractivity contribution in [3.05, 3.63) is 11.6 Å². The predicted octanol–water partition coefficient (Wildman–Crippen LogP) is 2.04. The molecule has 0 fully saturated rings. The van der Waals surface area contributed by atoms with Crippen molar-refractivity contribution in [2.75, 3.05) is 0 Å². The van der Waals surface area contributed by atoms with Crippen LogP contribution in [0.3, 0.4) is 0 Å². The molecule has 1 unspecified atom stereocenters. The van der Waals surface area contributed by atoms with Crippen LogP contribution in [-0.2, 0) is 4.79 Å². The fourth-order valence-corrected chi connectivity index (χ4v) is 1.74. The van der Waals surface area contributed by atoms with E-state index in [2.05, 4.69) is 19.9 Å². The lowest BCUT2D eigenvalue weighted by atomic mass is 9.78. The Morgan fingerprint density at radius 3 is 2.77 bits per heavy atom. The molecule has 74 valence electrons. The lowest BCUT2D eigenvalue weighted by Crippen LogP contribution is -2.24. The Kier molecular flexibility index (Phi) is 2.91. The van der Waals surface area contributed by atoms with Gasteiger partial charge in [-0.05, 0) is 30.8 Å². The normalized spacial score (nSPS) is 24.0. The van der Waals surface area contributed by atoms with E-state index in [4.69, 9.17) is 5.73 Å². The van der Waals surface area contributed by atoms with Crippen LogP contribution >= 0.6 is 0 Å². The quantitative estimate of drug-likeness (QED) is 0.708. The molecule has 1 atom stereocenters. The van der Waals surface area contributed by atoms with Crippen LogP contribution in [0.4, 0.5) is 0 Å². The van der Waals surface area contributed by atoms with Crippen LogP contribution in [-0.4, -0.2) is 11.8 Å². The Morgan fingerprint density at radius 1 is 1.62 bits per heavy atom. The van der Waals surface area contributed by atoms with Gasteiger partial charge in [-0.3, -0.25) is 4.79 Å². The summed E-state index contributed by atoms with van der Waals surface area (Å²) in [6, 6.07) is 0.0871. The first-order valence-corrected chi connectivity index (χ1v) is 4.91. The fourth-order valence-electron chi connectivity index (χ4n) is 1.74. The highest BCUT2D eigenvalue weighted by Crippen LogP contribution is 2.32. The number of ketones is 1. The molecule has 1 rings (SSSR count). The Morgan fingerprint density at radius 2 is 2.23 bits per heavy atom. The van der Waals surface area contributed by atoms with Crippen molar-refractivity contribution in [2.45, 2.75) is 46.1 Å². The van der Waals surface area contributed by atoms with Gasteiger partial charge in [-0.25, -0.2) is 0 Å². The highest BCUT2D eigenvalue weighted by molar-refractivity contribution is 5.96. The Balaban J connectivity index is 2.78. The third-order valence-electron chi connectivity index (χ3n) is 2.46. The van der Waals surface area contributed by atoms with E-state index < -0.39 is 0 Å². The van der Waals surface area contributed by atoms with Crippen molar-refractivity contribution >= 4 is 5.78 Å². The Hall–Kier alpha value is -0.630. The number of Topliss-reactive ketones (excluding diaryl/α,β-unsaturated/α-hetero) is 1. The number of carbonyl (C=O) groups is 1. The van der Waals surface area contributed by atoms with Gasteiger partial charge in [0.1, 0.15) is 0 Å². The number of allylic oxidation sites excluding steroid dienone is 1. The number of nitrogens with two attached hydrogens (primary N) is 1. The number of hydrogen-bond donors (Lipinski definition) is 1. The second kappa shape index (κ2) is 3.62. The topological polar surface area (TPSA) is 43.1 Å². The van der Waals surface area contributed by atoms with E-state index in [0.29, 0.717) is 6.42 Å². The molecule has 0 radical (unpaired) electrons. The van der Waals surface area contributed by atoms with Gasteiger partial charge < -0.3 is 5.73 Å². The molecular weight excluding hydrogens is 162 g/mol. The zero-order chi connectivity index (χ0) is 10.1. The fraction of sp³-hybridized carbons (Fsp3) is 0.727. The van der Waals surface area contributed by atoms with Crippen LogP contribution in [0, 0.1) is 5.41 Å². The molecular formula is C11H19NO. The SMILES string of the molecule is CC(N)CC1=CC(C)(C)CCC1=O. The van der Waals surface area contributed by atoms with Crippen molar-refractivity contribution in [1.82, 2.24) is 0 Å². The maximum atomic E-state index is 11.5. The molecule has 13 heavy (non-hydrogen) atoms. The van der Waals surface area contributed by atoms with Crippen molar-refractivity contribution < 1.29 is 4.79 Å². The van der Waals surface area contributed by atoms with Crippen molar-refractivity contribution in [3.8, 4) is 0 Å². The summed E-state index contributed by atoms with van der Waals surface area (Å²) in [6.07, 6.45) is 4.48. The van der Waals surface area contributed by atoms with E-state index in [1.54, 1.807) is 0 Å². The van der Waals surface area contributed by atoms with Gasteiger partial charge in [0.15, 0.2) is 5.78 Å². The first kappa shape index (κ1) is 10.5. The molecule has 0 heterocycles. The van der Waals surface area contributed by atoms with Gasteiger partial charge in [0.2, 0.25) is 0 Å². The summed E-state index contributed by atoms with van der Waals surface area (Å²) in [5, 5.41) is 0. The van der Waals surface area contributed by atoms with E-state index in [0.717, 1.165) is 18.4 Å². The molecule has 0 bridgehead atoms. The molecule has 2 nitrogen and oxygen atoms in total. The van der Waals surface area contributed by atoms with Crippen LogP contribution in [0.2, 0.25) is 0 Å². The third kappa shape index (κ3) is 2.96. The minimum atomic E-state index is 0.0871. The van der Waals surface area contributed by atoms with Crippen LogP contribution in [0.1, 0.15) is 40.0 Å². The van der Waals surface area contributed by atoms with E-state index in [9.17, 15) is 4.79 Å². The van der Waals surface area contributed by atoms with Gasteiger partial charge in [0.05, 0.1) is 0 Å². The minimum Gasteiger partial charge on any atom is -0.328 e. The standard InChI is InChI=1S/C11H19NO/c1-8(12)6-9-7-11(2,3)5-4-10(9)13/h7-8H,4-6,12H2,1-3H3. The van der Waals surface area contributed by atoms with Gasteiger partial charge in [-0.2, -0.15) is 0 Å². The van der Waals surface area contributed by atoms with Gasteiger partial charge in [-0.1, -0.05) is 19.9 Å². The van der Waals surface area contributed by atoms with Gasteiger partial charge in [0.25, 0.3) is 0 Å². The Bertz CT molecular complexity index is 238. The first-order valence-electron chi connectivity index (χ1n) is 4.91. The number of rotatable bonds is 2. The van der Waals surface area contributed by atoms with Crippen molar-refractivity contribution in [3.63, 3.8) is 0 Å². The molecule has 0 aromatic rings. The van der Waals surface area contributed by atoms with E-state index >= 15 is 0 Å². The average Bonchev–Trinajstić information content (AvgIpc) is 1.95. The maximum absolute atomic E-state index is 11.5. The van der Waals surface area contributed by atoms with Crippen LogP contribution in [0.25, 0.3) is 0 Å². The molecule has 0 amide bonds. The summed E-state index contributed by atoms with van der Waals surface area (Å²) in [5.41, 5.74) is 6.80. The van der Waals surface area contributed by atoms with E-state index in [-0.39, 0.29) is 17.2 Å². The number of carbonyl (C=O) groups excluding carboxylic acids is 1. The number of hydrogen-bond acceptors (Lipinski definition) is 2. The molecule has 2 heteroatoms. The summed E-state index contributed by atoms with van der Waals surface area (Å²) in [7, 11) is 0. The largest absolute Gasteiger partial charge is 0.328 e. The van der Waals surface area contributed by atoms with Crippen LogP contribution < -0.4 is 5.73 Å². The third-order valence-corrected chi connectivity index (χ3v) is 2.46. The molecule has 1 aliphatic rings. The first-order chi connectivity index (χ1) is 5.91. The van der Waals surface area contributed by atoms with Crippen LogP contribution in [0.15, 0.2) is 11.6 Å². The molecule has 0 aromatic heterocycles. The van der Waals surface area contributed by atoms with Crippen molar-refractivity contribution in [1.29, 1.82) is 0 Å². The predicted molar refractivity (Wildman–Crippen MR) is 54.4 cm³/mol. The zero-order valence-electron chi connectivity index (χ0n) is 8.76. The van der Waals surface area contributed by atoms with Gasteiger partial charge in [0, 0.05) is 12.5 Å². The second-order valence-corrected chi connectivity index (χ2v) is 4.76. The maximum Gasteiger partial charge on any atom is 0.158 e.